The maximum atomic E-state index is 12.6. The van der Waals surface area contributed by atoms with Crippen LogP contribution >= 0.6 is 0 Å². The number of para-hydroxylation sites is 1. The molecule has 134 valence electrons. The molecule has 1 aromatic heterocycles. The zero-order valence-electron chi connectivity index (χ0n) is 14.9. The van der Waals surface area contributed by atoms with Crippen molar-refractivity contribution in [1.29, 1.82) is 0 Å². The molecular weight excluding hydrogens is 328 g/mol. The van der Waals surface area contributed by atoms with Gasteiger partial charge in [-0.2, -0.15) is 0 Å². The third-order valence-corrected chi connectivity index (χ3v) is 4.72. The molecule has 0 aliphatic carbocycles. The van der Waals surface area contributed by atoms with Crippen molar-refractivity contribution in [3.05, 3.63) is 65.9 Å². The Balaban J connectivity index is 1.43. The summed E-state index contributed by atoms with van der Waals surface area (Å²) in [7, 11) is 1.80. The third-order valence-electron chi connectivity index (χ3n) is 4.72. The maximum absolute atomic E-state index is 12.6. The minimum atomic E-state index is -0.113. The second kappa shape index (κ2) is 7.22. The molecule has 0 N–H and O–H groups in total. The highest BCUT2D eigenvalue weighted by atomic mass is 16.5. The standard InChI is InChI=1S/C21H22N2O3/c1-22(21(24)20-14-17-4-2-3-5-19(17)26-20)15-16-6-8-18(9-7-16)23-10-12-25-13-11-23/h2-9,14H,10-13,15H2,1H3. The first-order valence-corrected chi connectivity index (χ1v) is 8.86. The number of ether oxygens (including phenoxy) is 1. The Morgan fingerprint density at radius 2 is 1.81 bits per heavy atom. The number of nitrogens with zero attached hydrogens (tertiary/aromatic N) is 2. The van der Waals surface area contributed by atoms with Crippen LogP contribution in [0.2, 0.25) is 0 Å². The van der Waals surface area contributed by atoms with E-state index in [-0.39, 0.29) is 5.91 Å². The number of hydrogen-bond acceptors (Lipinski definition) is 4. The van der Waals surface area contributed by atoms with E-state index in [0.717, 1.165) is 42.8 Å². The van der Waals surface area contributed by atoms with Gasteiger partial charge in [-0.3, -0.25) is 4.79 Å². The molecule has 0 radical (unpaired) electrons. The van der Waals surface area contributed by atoms with Gasteiger partial charge in [0.05, 0.1) is 13.2 Å². The summed E-state index contributed by atoms with van der Waals surface area (Å²) in [6.07, 6.45) is 0. The zero-order chi connectivity index (χ0) is 17.9. The highest BCUT2D eigenvalue weighted by Gasteiger charge is 2.17. The van der Waals surface area contributed by atoms with Crippen molar-refractivity contribution in [2.45, 2.75) is 6.54 Å². The molecule has 1 aliphatic heterocycles. The van der Waals surface area contributed by atoms with Crippen LogP contribution < -0.4 is 4.90 Å². The van der Waals surface area contributed by atoms with E-state index < -0.39 is 0 Å². The maximum Gasteiger partial charge on any atom is 0.289 e. The molecule has 5 nitrogen and oxygen atoms in total. The van der Waals surface area contributed by atoms with Crippen molar-refractivity contribution in [1.82, 2.24) is 4.90 Å². The predicted octanol–water partition coefficient (Wildman–Crippen LogP) is 3.54. The van der Waals surface area contributed by atoms with Gasteiger partial charge in [0, 0.05) is 37.8 Å². The fraction of sp³-hybridized carbons (Fsp3) is 0.286. The largest absolute Gasteiger partial charge is 0.451 e. The van der Waals surface area contributed by atoms with Crippen molar-refractivity contribution >= 4 is 22.6 Å². The summed E-state index contributed by atoms with van der Waals surface area (Å²) >= 11 is 0. The van der Waals surface area contributed by atoms with Crippen LogP contribution in [0.25, 0.3) is 11.0 Å². The fourth-order valence-electron chi connectivity index (χ4n) is 3.25. The van der Waals surface area contributed by atoms with E-state index in [0.29, 0.717) is 12.3 Å². The first-order valence-electron chi connectivity index (χ1n) is 8.86. The SMILES string of the molecule is CN(Cc1ccc(N2CCOCC2)cc1)C(=O)c1cc2ccccc2o1. The Morgan fingerprint density at radius 3 is 2.54 bits per heavy atom. The first kappa shape index (κ1) is 16.7. The van der Waals surface area contributed by atoms with Gasteiger partial charge in [0.2, 0.25) is 0 Å². The van der Waals surface area contributed by atoms with Crippen molar-refractivity contribution in [2.75, 3.05) is 38.3 Å². The zero-order valence-corrected chi connectivity index (χ0v) is 14.9. The van der Waals surface area contributed by atoms with Gasteiger partial charge in [-0.1, -0.05) is 30.3 Å². The number of benzene rings is 2. The average molecular weight is 350 g/mol. The molecule has 4 rings (SSSR count). The minimum Gasteiger partial charge on any atom is -0.451 e. The van der Waals surface area contributed by atoms with E-state index in [1.807, 2.05) is 24.3 Å². The Bertz CT molecular complexity index is 862. The Hall–Kier alpha value is -2.79. The molecule has 0 bridgehead atoms. The summed E-state index contributed by atoms with van der Waals surface area (Å²) in [5, 5.41) is 0.944. The van der Waals surface area contributed by atoms with E-state index in [1.54, 1.807) is 18.0 Å². The molecule has 0 unspecified atom stereocenters. The molecule has 3 aromatic rings. The summed E-state index contributed by atoms with van der Waals surface area (Å²) < 4.78 is 11.1. The molecule has 26 heavy (non-hydrogen) atoms. The number of morpholine rings is 1. The van der Waals surface area contributed by atoms with Crippen LogP contribution in [0.3, 0.4) is 0 Å². The van der Waals surface area contributed by atoms with Crippen molar-refractivity contribution in [3.8, 4) is 0 Å². The van der Waals surface area contributed by atoms with Crippen LogP contribution in [0.1, 0.15) is 16.1 Å². The van der Waals surface area contributed by atoms with Gasteiger partial charge >= 0.3 is 0 Å². The van der Waals surface area contributed by atoms with E-state index in [1.165, 1.54) is 5.69 Å². The normalized spacial score (nSPS) is 14.6. The molecule has 2 heterocycles. The van der Waals surface area contributed by atoms with Gasteiger partial charge in [-0.05, 0) is 29.8 Å². The predicted molar refractivity (Wildman–Crippen MR) is 101 cm³/mol. The lowest BCUT2D eigenvalue weighted by Crippen LogP contribution is -2.36. The number of anilines is 1. The van der Waals surface area contributed by atoms with Crippen LogP contribution in [0.5, 0.6) is 0 Å². The second-order valence-electron chi connectivity index (χ2n) is 6.58. The second-order valence-corrected chi connectivity index (χ2v) is 6.58. The summed E-state index contributed by atoms with van der Waals surface area (Å²) in [5.41, 5.74) is 3.02. The molecule has 1 saturated heterocycles. The van der Waals surface area contributed by atoms with Crippen LogP contribution in [-0.4, -0.2) is 44.2 Å². The average Bonchev–Trinajstić information content (AvgIpc) is 3.13. The molecule has 5 heteroatoms. The lowest BCUT2D eigenvalue weighted by atomic mass is 10.1. The number of fused-ring (bicyclic) bond motifs is 1. The number of hydrogen-bond donors (Lipinski definition) is 0. The van der Waals surface area contributed by atoms with Crippen LogP contribution in [0, 0.1) is 0 Å². The third kappa shape index (κ3) is 3.44. The van der Waals surface area contributed by atoms with Crippen LogP contribution in [0.4, 0.5) is 5.69 Å². The van der Waals surface area contributed by atoms with E-state index in [4.69, 9.17) is 9.15 Å². The lowest BCUT2D eigenvalue weighted by Gasteiger charge is -2.29. The topological polar surface area (TPSA) is 45.9 Å². The van der Waals surface area contributed by atoms with Gasteiger partial charge in [0.15, 0.2) is 5.76 Å². The number of carbonyl (C=O) groups is 1. The minimum absolute atomic E-state index is 0.113. The van der Waals surface area contributed by atoms with Gasteiger partial charge in [-0.25, -0.2) is 0 Å². The van der Waals surface area contributed by atoms with Crippen LogP contribution in [-0.2, 0) is 11.3 Å². The quantitative estimate of drug-likeness (QED) is 0.722. The number of amides is 1. The van der Waals surface area contributed by atoms with Gasteiger partial charge in [-0.15, -0.1) is 0 Å². The smallest absolute Gasteiger partial charge is 0.289 e. The lowest BCUT2D eigenvalue weighted by molar-refractivity contribution is 0.0756. The highest BCUT2D eigenvalue weighted by molar-refractivity contribution is 5.95. The van der Waals surface area contributed by atoms with E-state index >= 15 is 0 Å². The highest BCUT2D eigenvalue weighted by Crippen LogP contribution is 2.21. The monoisotopic (exact) mass is 350 g/mol. The first-order chi connectivity index (χ1) is 12.7. The van der Waals surface area contributed by atoms with Crippen molar-refractivity contribution in [2.24, 2.45) is 0 Å². The number of furan rings is 1. The molecule has 1 fully saturated rings. The van der Waals surface area contributed by atoms with Gasteiger partial charge < -0.3 is 19.0 Å². The summed E-state index contributed by atoms with van der Waals surface area (Å²) in [6.45, 7) is 3.93. The summed E-state index contributed by atoms with van der Waals surface area (Å²) in [4.78, 5) is 16.6. The van der Waals surface area contributed by atoms with Crippen LogP contribution in [0.15, 0.2) is 59.0 Å². The Morgan fingerprint density at radius 1 is 1.08 bits per heavy atom. The molecular formula is C21H22N2O3. The van der Waals surface area contributed by atoms with E-state index in [2.05, 4.69) is 29.2 Å². The van der Waals surface area contributed by atoms with Crippen molar-refractivity contribution in [3.63, 3.8) is 0 Å². The Kier molecular flexibility index (Phi) is 4.63. The number of rotatable bonds is 4. The van der Waals surface area contributed by atoms with E-state index in [9.17, 15) is 4.79 Å². The van der Waals surface area contributed by atoms with Gasteiger partial charge in [0.25, 0.3) is 5.91 Å². The molecule has 0 saturated carbocycles. The molecule has 0 atom stereocenters. The Labute approximate surface area is 152 Å². The summed E-state index contributed by atoms with van der Waals surface area (Å²) in [5.74, 6) is 0.261. The molecule has 1 aliphatic rings. The molecule has 0 spiro atoms. The van der Waals surface area contributed by atoms with Gasteiger partial charge in [0.1, 0.15) is 5.58 Å². The fourth-order valence-corrected chi connectivity index (χ4v) is 3.25. The molecule has 2 aromatic carbocycles. The molecule has 1 amide bonds. The number of carbonyl (C=O) groups excluding carboxylic acids is 1. The van der Waals surface area contributed by atoms with Crippen molar-refractivity contribution < 1.29 is 13.9 Å². The summed E-state index contributed by atoms with van der Waals surface area (Å²) in [6, 6.07) is 17.8.